The van der Waals surface area contributed by atoms with Crippen LogP contribution in [0.2, 0.25) is 0 Å². The van der Waals surface area contributed by atoms with Crippen molar-refractivity contribution in [2.75, 3.05) is 6.61 Å². The molecule has 0 amide bonds. The first-order valence-electron chi connectivity index (χ1n) is 6.09. The number of rotatable bonds is 6. The molecule has 2 heteroatoms. The van der Waals surface area contributed by atoms with Gasteiger partial charge in [0.25, 0.3) is 0 Å². The van der Waals surface area contributed by atoms with E-state index in [1.807, 2.05) is 6.07 Å². The predicted octanol–water partition coefficient (Wildman–Crippen LogP) is 3.27. The van der Waals surface area contributed by atoms with Crippen molar-refractivity contribution in [3.63, 3.8) is 0 Å². The fraction of sp³-hybridized carbons (Fsp3) is 0.571. The van der Waals surface area contributed by atoms with Crippen molar-refractivity contribution in [2.24, 2.45) is 11.7 Å². The maximum Gasteiger partial charge on any atom is 0.119 e. The van der Waals surface area contributed by atoms with Crippen LogP contribution >= 0.6 is 0 Å². The Bertz CT molecular complexity index is 323. The van der Waals surface area contributed by atoms with Crippen molar-refractivity contribution in [2.45, 2.75) is 40.2 Å². The average molecular weight is 221 g/mol. The molecule has 1 unspecified atom stereocenters. The first-order valence-corrected chi connectivity index (χ1v) is 6.09. The molecule has 0 aromatic heterocycles. The first-order chi connectivity index (χ1) is 7.67. The van der Waals surface area contributed by atoms with Gasteiger partial charge in [-0.05, 0) is 42.5 Å². The lowest BCUT2D eigenvalue weighted by Gasteiger charge is -2.13. The van der Waals surface area contributed by atoms with Crippen LogP contribution in [0.4, 0.5) is 0 Å². The zero-order chi connectivity index (χ0) is 12.0. The molecule has 0 bridgehead atoms. The number of ether oxygens (including phenoxy) is 1. The molecule has 90 valence electrons. The smallest absolute Gasteiger partial charge is 0.119 e. The number of hydrogen-bond donors (Lipinski definition) is 1. The van der Waals surface area contributed by atoms with E-state index in [0.717, 1.165) is 12.4 Å². The van der Waals surface area contributed by atoms with Crippen LogP contribution in [-0.2, 0) is 6.54 Å². The summed E-state index contributed by atoms with van der Waals surface area (Å²) in [6, 6.07) is 6.13. The molecule has 0 saturated heterocycles. The summed E-state index contributed by atoms with van der Waals surface area (Å²) in [5, 5.41) is 0. The van der Waals surface area contributed by atoms with Crippen molar-refractivity contribution < 1.29 is 4.74 Å². The standard InChI is InChI=1S/C14H23NO/c1-4-5-11(2)10-16-14-7-6-13(9-15)12(3)8-14/h6-8,11H,4-5,9-10,15H2,1-3H3. The Kier molecular flexibility index (Phi) is 5.33. The molecular weight excluding hydrogens is 198 g/mol. The summed E-state index contributed by atoms with van der Waals surface area (Å²) in [7, 11) is 0. The molecule has 0 aliphatic heterocycles. The highest BCUT2D eigenvalue weighted by molar-refractivity contribution is 5.34. The van der Waals surface area contributed by atoms with Crippen LogP contribution in [0, 0.1) is 12.8 Å². The van der Waals surface area contributed by atoms with Crippen molar-refractivity contribution in [1.29, 1.82) is 0 Å². The normalized spacial score (nSPS) is 12.5. The topological polar surface area (TPSA) is 35.2 Å². The average Bonchev–Trinajstić information content (AvgIpc) is 2.27. The number of hydrogen-bond acceptors (Lipinski definition) is 2. The highest BCUT2D eigenvalue weighted by atomic mass is 16.5. The summed E-state index contributed by atoms with van der Waals surface area (Å²) in [6.45, 7) is 7.90. The first kappa shape index (κ1) is 13.0. The SMILES string of the molecule is CCCC(C)COc1ccc(CN)c(C)c1. The largest absolute Gasteiger partial charge is 0.493 e. The molecule has 1 atom stereocenters. The zero-order valence-electron chi connectivity index (χ0n) is 10.6. The Labute approximate surface area is 98.8 Å². The van der Waals surface area contributed by atoms with Crippen molar-refractivity contribution >= 4 is 0 Å². The molecule has 2 nitrogen and oxygen atoms in total. The summed E-state index contributed by atoms with van der Waals surface area (Å²) in [5.74, 6) is 1.58. The van der Waals surface area contributed by atoms with Gasteiger partial charge in [0.05, 0.1) is 6.61 Å². The van der Waals surface area contributed by atoms with Crippen LogP contribution < -0.4 is 10.5 Å². The van der Waals surface area contributed by atoms with Crippen LogP contribution in [0.3, 0.4) is 0 Å². The summed E-state index contributed by atoms with van der Waals surface area (Å²) in [6.07, 6.45) is 2.44. The lowest BCUT2D eigenvalue weighted by molar-refractivity contribution is 0.251. The van der Waals surface area contributed by atoms with Crippen LogP contribution in [0.25, 0.3) is 0 Å². The fourth-order valence-corrected chi connectivity index (χ4v) is 1.80. The molecular formula is C14H23NO. The highest BCUT2D eigenvalue weighted by Crippen LogP contribution is 2.18. The number of benzene rings is 1. The fourth-order valence-electron chi connectivity index (χ4n) is 1.80. The van der Waals surface area contributed by atoms with Gasteiger partial charge in [0.1, 0.15) is 5.75 Å². The summed E-state index contributed by atoms with van der Waals surface area (Å²) >= 11 is 0. The van der Waals surface area contributed by atoms with Gasteiger partial charge in [0.2, 0.25) is 0 Å². The quantitative estimate of drug-likeness (QED) is 0.800. The molecule has 0 radical (unpaired) electrons. The third-order valence-corrected chi connectivity index (χ3v) is 2.85. The molecule has 0 heterocycles. The zero-order valence-corrected chi connectivity index (χ0v) is 10.6. The van der Waals surface area contributed by atoms with Gasteiger partial charge in [-0.25, -0.2) is 0 Å². The molecule has 2 N–H and O–H groups in total. The maximum absolute atomic E-state index is 5.76. The Morgan fingerprint density at radius 2 is 2.12 bits per heavy atom. The van der Waals surface area contributed by atoms with Crippen molar-refractivity contribution in [3.05, 3.63) is 29.3 Å². The minimum atomic E-state index is 0.596. The van der Waals surface area contributed by atoms with Gasteiger partial charge in [-0.3, -0.25) is 0 Å². The second kappa shape index (κ2) is 6.54. The minimum absolute atomic E-state index is 0.596. The second-order valence-electron chi connectivity index (χ2n) is 4.50. The van der Waals surface area contributed by atoms with Gasteiger partial charge < -0.3 is 10.5 Å². The molecule has 0 saturated carbocycles. The third kappa shape index (κ3) is 3.86. The van der Waals surface area contributed by atoms with Gasteiger partial charge in [-0.1, -0.05) is 26.3 Å². The van der Waals surface area contributed by atoms with E-state index in [9.17, 15) is 0 Å². The van der Waals surface area contributed by atoms with E-state index in [0.29, 0.717) is 12.5 Å². The van der Waals surface area contributed by atoms with Gasteiger partial charge in [0.15, 0.2) is 0 Å². The van der Waals surface area contributed by atoms with E-state index in [1.165, 1.54) is 24.0 Å². The molecule has 1 rings (SSSR count). The lowest BCUT2D eigenvalue weighted by atomic mass is 10.1. The molecule has 16 heavy (non-hydrogen) atoms. The van der Waals surface area contributed by atoms with Gasteiger partial charge in [0, 0.05) is 6.54 Å². The monoisotopic (exact) mass is 221 g/mol. The molecule has 1 aromatic carbocycles. The van der Waals surface area contributed by atoms with Gasteiger partial charge >= 0.3 is 0 Å². The van der Waals surface area contributed by atoms with E-state index in [-0.39, 0.29) is 0 Å². The molecule has 1 aromatic rings. The summed E-state index contributed by atoms with van der Waals surface area (Å²) in [4.78, 5) is 0. The summed E-state index contributed by atoms with van der Waals surface area (Å²) in [5.41, 5.74) is 8.02. The Morgan fingerprint density at radius 1 is 1.38 bits per heavy atom. The van der Waals surface area contributed by atoms with E-state index >= 15 is 0 Å². The van der Waals surface area contributed by atoms with Gasteiger partial charge in [-0.15, -0.1) is 0 Å². The lowest BCUT2D eigenvalue weighted by Crippen LogP contribution is -2.08. The summed E-state index contributed by atoms with van der Waals surface area (Å²) < 4.78 is 5.76. The Morgan fingerprint density at radius 3 is 2.69 bits per heavy atom. The number of aryl methyl sites for hydroxylation is 1. The van der Waals surface area contributed by atoms with Crippen LogP contribution in [-0.4, -0.2) is 6.61 Å². The Hall–Kier alpha value is -1.02. The molecule has 0 aliphatic rings. The van der Waals surface area contributed by atoms with E-state index in [2.05, 4.69) is 32.9 Å². The second-order valence-corrected chi connectivity index (χ2v) is 4.50. The molecule has 0 aliphatic carbocycles. The van der Waals surface area contributed by atoms with E-state index in [4.69, 9.17) is 10.5 Å². The minimum Gasteiger partial charge on any atom is -0.493 e. The Balaban J connectivity index is 2.51. The van der Waals surface area contributed by atoms with Gasteiger partial charge in [-0.2, -0.15) is 0 Å². The molecule has 0 spiro atoms. The van der Waals surface area contributed by atoms with E-state index < -0.39 is 0 Å². The highest BCUT2D eigenvalue weighted by Gasteiger charge is 2.03. The van der Waals surface area contributed by atoms with Crippen LogP contribution in [0.5, 0.6) is 5.75 Å². The third-order valence-electron chi connectivity index (χ3n) is 2.85. The van der Waals surface area contributed by atoms with Crippen molar-refractivity contribution in [3.8, 4) is 5.75 Å². The van der Waals surface area contributed by atoms with Crippen molar-refractivity contribution in [1.82, 2.24) is 0 Å². The number of nitrogens with two attached hydrogens (primary N) is 1. The molecule has 0 fully saturated rings. The van der Waals surface area contributed by atoms with E-state index in [1.54, 1.807) is 0 Å². The van der Waals surface area contributed by atoms with Crippen LogP contribution in [0.15, 0.2) is 18.2 Å². The van der Waals surface area contributed by atoms with Crippen LogP contribution in [0.1, 0.15) is 37.8 Å². The maximum atomic E-state index is 5.76. The predicted molar refractivity (Wildman–Crippen MR) is 68.6 cm³/mol.